The summed E-state index contributed by atoms with van der Waals surface area (Å²) in [6, 6.07) is 15.3. The molecule has 0 amide bonds. The molecule has 4 rings (SSSR count). The third kappa shape index (κ3) is 3.68. The Labute approximate surface area is 166 Å². The maximum absolute atomic E-state index is 11.3. The third-order valence-corrected chi connectivity index (χ3v) is 5.31. The number of para-hydroxylation sites is 1. The van der Waals surface area contributed by atoms with Gasteiger partial charge in [-0.2, -0.15) is 0 Å². The summed E-state index contributed by atoms with van der Waals surface area (Å²) in [4.78, 5) is 11.3. The van der Waals surface area contributed by atoms with Crippen molar-refractivity contribution in [3.8, 4) is 28.6 Å². The Hall–Kier alpha value is -3.00. The molecule has 28 heavy (non-hydrogen) atoms. The Morgan fingerprint density at radius 3 is 2.61 bits per heavy atom. The summed E-state index contributed by atoms with van der Waals surface area (Å²) in [5.41, 5.74) is 1.67. The van der Waals surface area contributed by atoms with Crippen LogP contribution in [0.1, 0.15) is 13.3 Å². The highest BCUT2D eigenvalue weighted by atomic mass is 32.2. The monoisotopic (exact) mass is 397 g/mol. The molecular weight excluding hydrogens is 378 g/mol. The molecule has 1 N–H and O–H groups in total. The smallest absolute Gasteiger partial charge is 0.316 e. The van der Waals surface area contributed by atoms with Crippen molar-refractivity contribution in [3.63, 3.8) is 0 Å². The van der Waals surface area contributed by atoms with Gasteiger partial charge in [0.2, 0.25) is 0 Å². The number of rotatable bonds is 5. The summed E-state index contributed by atoms with van der Waals surface area (Å²) >= 11 is 1.15. The second-order valence-corrected chi connectivity index (χ2v) is 7.60. The zero-order valence-corrected chi connectivity index (χ0v) is 16.1. The number of benzene rings is 2. The van der Waals surface area contributed by atoms with E-state index in [1.54, 1.807) is 6.92 Å². The first-order valence-corrected chi connectivity index (χ1v) is 9.82. The van der Waals surface area contributed by atoms with Crippen LogP contribution in [0, 0.1) is 0 Å². The molecule has 8 heteroatoms. The number of aliphatic carboxylic acids is 1. The number of aromatic nitrogens is 3. The van der Waals surface area contributed by atoms with Gasteiger partial charge in [-0.1, -0.05) is 30.0 Å². The van der Waals surface area contributed by atoms with Crippen molar-refractivity contribution in [2.45, 2.75) is 23.8 Å². The summed E-state index contributed by atoms with van der Waals surface area (Å²) in [5, 5.41) is 17.8. The van der Waals surface area contributed by atoms with Crippen molar-refractivity contribution in [3.05, 3.63) is 48.5 Å². The number of fused-ring (bicyclic) bond motifs is 1. The summed E-state index contributed by atoms with van der Waals surface area (Å²) in [6.45, 7) is 2.85. The summed E-state index contributed by atoms with van der Waals surface area (Å²) in [6.07, 6.45) is 0.831. The predicted molar refractivity (Wildman–Crippen MR) is 105 cm³/mol. The van der Waals surface area contributed by atoms with E-state index in [-0.39, 0.29) is 0 Å². The lowest BCUT2D eigenvalue weighted by atomic mass is 10.2. The van der Waals surface area contributed by atoms with Crippen LogP contribution in [0.3, 0.4) is 0 Å². The number of carboxylic acids is 1. The van der Waals surface area contributed by atoms with Crippen LogP contribution in [0.4, 0.5) is 0 Å². The third-order valence-electron chi connectivity index (χ3n) is 4.28. The summed E-state index contributed by atoms with van der Waals surface area (Å²) in [5.74, 6) is 1.10. The van der Waals surface area contributed by atoms with E-state index in [1.807, 2.05) is 53.1 Å². The first kappa shape index (κ1) is 18.4. The topological polar surface area (TPSA) is 86.5 Å². The minimum absolute atomic E-state index is 0.517. The van der Waals surface area contributed by atoms with Crippen LogP contribution in [0.2, 0.25) is 0 Å². The van der Waals surface area contributed by atoms with E-state index in [0.29, 0.717) is 35.7 Å². The zero-order valence-electron chi connectivity index (χ0n) is 15.2. The lowest BCUT2D eigenvalue weighted by molar-refractivity contribution is -0.136. The predicted octanol–water partition coefficient (Wildman–Crippen LogP) is 3.66. The fraction of sp³-hybridized carbons (Fsp3) is 0.250. The van der Waals surface area contributed by atoms with E-state index in [0.717, 1.165) is 29.4 Å². The molecule has 7 nitrogen and oxygen atoms in total. The molecule has 0 aliphatic carbocycles. The fourth-order valence-electron chi connectivity index (χ4n) is 2.85. The second kappa shape index (κ2) is 7.93. The Morgan fingerprint density at radius 2 is 1.86 bits per heavy atom. The average molecular weight is 397 g/mol. The van der Waals surface area contributed by atoms with Gasteiger partial charge in [-0.15, -0.1) is 10.2 Å². The molecule has 0 radical (unpaired) electrons. The minimum atomic E-state index is -0.898. The quantitative estimate of drug-likeness (QED) is 0.658. The van der Waals surface area contributed by atoms with Crippen LogP contribution in [-0.2, 0) is 4.79 Å². The molecule has 1 aromatic heterocycles. The molecule has 1 aliphatic rings. The van der Waals surface area contributed by atoms with E-state index >= 15 is 0 Å². The number of carbonyl (C=O) groups is 1. The Morgan fingerprint density at radius 1 is 1.11 bits per heavy atom. The van der Waals surface area contributed by atoms with Crippen molar-refractivity contribution in [2.24, 2.45) is 0 Å². The van der Waals surface area contributed by atoms with E-state index in [4.69, 9.17) is 9.47 Å². The maximum Gasteiger partial charge on any atom is 0.316 e. The van der Waals surface area contributed by atoms with Crippen molar-refractivity contribution in [1.29, 1.82) is 0 Å². The first-order chi connectivity index (χ1) is 13.6. The van der Waals surface area contributed by atoms with E-state index in [1.165, 1.54) is 0 Å². The fourth-order valence-corrected chi connectivity index (χ4v) is 3.66. The molecule has 0 bridgehead atoms. The first-order valence-electron chi connectivity index (χ1n) is 8.94. The highest BCUT2D eigenvalue weighted by molar-refractivity contribution is 8.00. The van der Waals surface area contributed by atoms with Gasteiger partial charge in [-0.3, -0.25) is 9.36 Å². The van der Waals surface area contributed by atoms with Crippen molar-refractivity contribution < 1.29 is 19.4 Å². The number of thioether (sulfide) groups is 1. The van der Waals surface area contributed by atoms with Crippen LogP contribution in [0.15, 0.2) is 53.7 Å². The van der Waals surface area contributed by atoms with Gasteiger partial charge in [0, 0.05) is 17.7 Å². The van der Waals surface area contributed by atoms with Crippen molar-refractivity contribution >= 4 is 17.7 Å². The number of carboxylic acid groups (broad SMARTS) is 1. The molecule has 2 aromatic carbocycles. The molecule has 0 spiro atoms. The number of hydrogen-bond donors (Lipinski definition) is 1. The van der Waals surface area contributed by atoms with Crippen molar-refractivity contribution in [1.82, 2.24) is 14.8 Å². The standard InChI is InChI=1S/C20H19N3O4S/c1-13(19(24)25)28-20-22-21-18(23(20)15-6-3-2-4-7-15)14-8-9-16-17(12-14)27-11-5-10-26-16/h2-4,6-9,12-13H,5,10-11H2,1H3,(H,24,25)/t13-/m0/s1. The van der Waals surface area contributed by atoms with Crippen LogP contribution in [0.5, 0.6) is 11.5 Å². The maximum atomic E-state index is 11.3. The van der Waals surface area contributed by atoms with Gasteiger partial charge in [0.15, 0.2) is 22.5 Å². The zero-order chi connectivity index (χ0) is 19.5. The lowest BCUT2D eigenvalue weighted by Crippen LogP contribution is -2.12. The molecule has 0 fully saturated rings. The van der Waals surface area contributed by atoms with Crippen LogP contribution >= 0.6 is 11.8 Å². The van der Waals surface area contributed by atoms with Crippen LogP contribution in [0.25, 0.3) is 17.1 Å². The van der Waals surface area contributed by atoms with Gasteiger partial charge in [0.1, 0.15) is 5.25 Å². The molecule has 144 valence electrons. The molecule has 0 saturated carbocycles. The molecule has 2 heterocycles. The van der Waals surface area contributed by atoms with Gasteiger partial charge in [0.25, 0.3) is 0 Å². The Balaban J connectivity index is 1.80. The molecule has 0 saturated heterocycles. The highest BCUT2D eigenvalue weighted by Gasteiger charge is 2.22. The van der Waals surface area contributed by atoms with E-state index < -0.39 is 11.2 Å². The molecular formula is C20H19N3O4S. The van der Waals surface area contributed by atoms with Gasteiger partial charge in [-0.25, -0.2) is 0 Å². The SMILES string of the molecule is C[C@H](Sc1nnc(-c2ccc3c(c2)OCCCO3)n1-c1ccccc1)C(=O)O. The normalized spacial score (nSPS) is 14.3. The summed E-state index contributed by atoms with van der Waals surface area (Å²) in [7, 11) is 0. The van der Waals surface area contributed by atoms with Crippen LogP contribution < -0.4 is 9.47 Å². The van der Waals surface area contributed by atoms with Gasteiger partial charge < -0.3 is 14.6 Å². The number of ether oxygens (including phenoxy) is 2. The van der Waals surface area contributed by atoms with E-state index in [2.05, 4.69) is 10.2 Å². The highest BCUT2D eigenvalue weighted by Crippen LogP contribution is 2.36. The molecule has 1 aliphatic heterocycles. The largest absolute Gasteiger partial charge is 0.490 e. The Kier molecular flexibility index (Phi) is 5.21. The molecule has 3 aromatic rings. The minimum Gasteiger partial charge on any atom is -0.490 e. The van der Waals surface area contributed by atoms with E-state index in [9.17, 15) is 9.90 Å². The van der Waals surface area contributed by atoms with Crippen molar-refractivity contribution in [2.75, 3.05) is 13.2 Å². The molecule has 1 atom stereocenters. The number of nitrogens with zero attached hydrogens (tertiary/aromatic N) is 3. The lowest BCUT2D eigenvalue weighted by Gasteiger charge is -2.13. The van der Waals surface area contributed by atoms with Gasteiger partial charge in [-0.05, 0) is 37.3 Å². The molecule has 0 unspecified atom stereocenters. The van der Waals surface area contributed by atoms with Gasteiger partial charge >= 0.3 is 5.97 Å². The van der Waals surface area contributed by atoms with Gasteiger partial charge in [0.05, 0.1) is 13.2 Å². The van der Waals surface area contributed by atoms with Crippen LogP contribution in [-0.4, -0.2) is 44.3 Å². The summed E-state index contributed by atoms with van der Waals surface area (Å²) < 4.78 is 13.4. The number of hydrogen-bond acceptors (Lipinski definition) is 6. The second-order valence-electron chi connectivity index (χ2n) is 6.29. The average Bonchev–Trinajstić information content (AvgIpc) is 2.97. The Bertz CT molecular complexity index is 990.